The standard InChI is InChI=1S/C13H10ClN3/c14-13-16-6-4-10(17-13)8-9-2-1-3-12-11(9)5-7-15-12/h1-7,15H,8H2. The largest absolute Gasteiger partial charge is 0.361 e. The topological polar surface area (TPSA) is 41.6 Å². The molecule has 0 bridgehead atoms. The van der Waals surface area contributed by atoms with Gasteiger partial charge in [0.05, 0.1) is 0 Å². The molecule has 1 N–H and O–H groups in total. The maximum absolute atomic E-state index is 5.78. The summed E-state index contributed by atoms with van der Waals surface area (Å²) in [6.45, 7) is 0. The van der Waals surface area contributed by atoms with Crippen LogP contribution in [0.25, 0.3) is 10.9 Å². The highest BCUT2D eigenvalue weighted by molar-refractivity contribution is 6.28. The van der Waals surface area contributed by atoms with E-state index < -0.39 is 0 Å². The molecule has 0 aliphatic carbocycles. The van der Waals surface area contributed by atoms with E-state index in [0.29, 0.717) is 5.28 Å². The van der Waals surface area contributed by atoms with Crippen LogP contribution < -0.4 is 0 Å². The van der Waals surface area contributed by atoms with Crippen LogP contribution in [0.1, 0.15) is 11.3 Å². The minimum atomic E-state index is 0.295. The van der Waals surface area contributed by atoms with Crippen LogP contribution in [-0.4, -0.2) is 15.0 Å². The first-order valence-corrected chi connectivity index (χ1v) is 5.73. The molecule has 3 nitrogen and oxygen atoms in total. The van der Waals surface area contributed by atoms with Gasteiger partial charge in [0.25, 0.3) is 0 Å². The number of rotatable bonds is 2. The number of nitrogens with one attached hydrogen (secondary N) is 1. The van der Waals surface area contributed by atoms with Crippen molar-refractivity contribution in [1.82, 2.24) is 15.0 Å². The van der Waals surface area contributed by atoms with E-state index in [1.54, 1.807) is 6.20 Å². The molecule has 1 aromatic carbocycles. The first-order valence-electron chi connectivity index (χ1n) is 5.35. The molecule has 17 heavy (non-hydrogen) atoms. The summed E-state index contributed by atoms with van der Waals surface area (Å²) in [6.07, 6.45) is 4.39. The highest BCUT2D eigenvalue weighted by Gasteiger charge is 2.04. The van der Waals surface area contributed by atoms with E-state index in [0.717, 1.165) is 17.6 Å². The van der Waals surface area contributed by atoms with E-state index in [2.05, 4.69) is 33.2 Å². The minimum absolute atomic E-state index is 0.295. The molecule has 0 saturated heterocycles. The van der Waals surface area contributed by atoms with Crippen molar-refractivity contribution in [2.75, 3.05) is 0 Å². The summed E-state index contributed by atoms with van der Waals surface area (Å²) in [7, 11) is 0. The first-order chi connectivity index (χ1) is 8.33. The van der Waals surface area contributed by atoms with Gasteiger partial charge in [0.2, 0.25) is 5.28 Å². The number of hydrogen-bond acceptors (Lipinski definition) is 2. The van der Waals surface area contributed by atoms with E-state index in [4.69, 9.17) is 11.6 Å². The van der Waals surface area contributed by atoms with Crippen molar-refractivity contribution < 1.29 is 0 Å². The number of hydrogen-bond donors (Lipinski definition) is 1. The van der Waals surface area contributed by atoms with Crippen LogP contribution in [0.3, 0.4) is 0 Å². The highest BCUT2D eigenvalue weighted by Crippen LogP contribution is 2.19. The summed E-state index contributed by atoms with van der Waals surface area (Å²) in [6, 6.07) is 10.2. The van der Waals surface area contributed by atoms with Crippen LogP contribution in [0, 0.1) is 0 Å². The number of benzene rings is 1. The van der Waals surface area contributed by atoms with Gasteiger partial charge >= 0.3 is 0 Å². The van der Waals surface area contributed by atoms with Crippen molar-refractivity contribution in [1.29, 1.82) is 0 Å². The third-order valence-electron chi connectivity index (χ3n) is 2.74. The Morgan fingerprint density at radius 3 is 3.00 bits per heavy atom. The lowest BCUT2D eigenvalue weighted by Gasteiger charge is -2.03. The van der Waals surface area contributed by atoms with Gasteiger partial charge in [-0.1, -0.05) is 12.1 Å². The van der Waals surface area contributed by atoms with Gasteiger partial charge < -0.3 is 4.98 Å². The van der Waals surface area contributed by atoms with Gasteiger partial charge in [-0.25, -0.2) is 9.97 Å². The summed E-state index contributed by atoms with van der Waals surface area (Å²) in [4.78, 5) is 11.3. The van der Waals surface area contributed by atoms with Crippen molar-refractivity contribution in [2.24, 2.45) is 0 Å². The molecule has 0 unspecified atom stereocenters. The fourth-order valence-corrected chi connectivity index (χ4v) is 2.13. The van der Waals surface area contributed by atoms with Crippen molar-refractivity contribution in [3.63, 3.8) is 0 Å². The maximum Gasteiger partial charge on any atom is 0.222 e. The molecule has 0 aliphatic rings. The lowest BCUT2D eigenvalue weighted by Crippen LogP contribution is -1.94. The van der Waals surface area contributed by atoms with Gasteiger partial charge in [0.1, 0.15) is 0 Å². The Morgan fingerprint density at radius 1 is 1.18 bits per heavy atom. The third-order valence-corrected chi connectivity index (χ3v) is 2.92. The Balaban J connectivity index is 2.02. The van der Waals surface area contributed by atoms with Gasteiger partial charge in [-0.3, -0.25) is 0 Å². The molecule has 0 saturated carbocycles. The molecule has 2 aromatic heterocycles. The van der Waals surface area contributed by atoms with E-state index >= 15 is 0 Å². The lowest BCUT2D eigenvalue weighted by molar-refractivity contribution is 1.03. The molecule has 3 aromatic rings. The molecule has 84 valence electrons. The molecule has 0 atom stereocenters. The SMILES string of the molecule is Clc1nccc(Cc2cccc3[nH]ccc23)n1. The van der Waals surface area contributed by atoms with Crippen LogP contribution in [0.2, 0.25) is 5.28 Å². The Morgan fingerprint density at radius 2 is 2.12 bits per heavy atom. The Kier molecular flexibility index (Phi) is 2.53. The number of aromatic nitrogens is 3. The number of halogens is 1. The molecular formula is C13H10ClN3. The van der Waals surface area contributed by atoms with Gasteiger partial charge in [-0.05, 0) is 35.4 Å². The van der Waals surface area contributed by atoms with E-state index in [9.17, 15) is 0 Å². The average Bonchev–Trinajstić information content (AvgIpc) is 2.78. The summed E-state index contributed by atoms with van der Waals surface area (Å²) in [5, 5.41) is 1.52. The quantitative estimate of drug-likeness (QED) is 0.703. The predicted octanol–water partition coefficient (Wildman–Crippen LogP) is 3.20. The highest BCUT2D eigenvalue weighted by atomic mass is 35.5. The summed E-state index contributed by atoms with van der Waals surface area (Å²) < 4.78 is 0. The van der Waals surface area contributed by atoms with Crippen LogP contribution in [0.4, 0.5) is 0 Å². The molecule has 0 fully saturated rings. The van der Waals surface area contributed by atoms with Gasteiger partial charge in [-0.15, -0.1) is 0 Å². The monoisotopic (exact) mass is 243 g/mol. The fourth-order valence-electron chi connectivity index (χ4n) is 1.97. The number of nitrogens with zero attached hydrogens (tertiary/aromatic N) is 2. The smallest absolute Gasteiger partial charge is 0.222 e. The van der Waals surface area contributed by atoms with E-state index in [1.165, 1.54) is 10.9 Å². The Bertz CT molecular complexity index is 660. The van der Waals surface area contributed by atoms with Crippen LogP contribution >= 0.6 is 11.6 Å². The second-order valence-electron chi connectivity index (χ2n) is 3.85. The van der Waals surface area contributed by atoms with E-state index in [-0.39, 0.29) is 0 Å². The zero-order chi connectivity index (χ0) is 11.7. The molecule has 2 heterocycles. The van der Waals surface area contributed by atoms with Crippen LogP contribution in [-0.2, 0) is 6.42 Å². The second kappa shape index (κ2) is 4.18. The molecule has 0 spiro atoms. The predicted molar refractivity (Wildman–Crippen MR) is 68.1 cm³/mol. The normalized spacial score (nSPS) is 10.9. The molecule has 0 aliphatic heterocycles. The first kappa shape index (κ1) is 10.3. The second-order valence-corrected chi connectivity index (χ2v) is 4.19. The Labute approximate surface area is 103 Å². The minimum Gasteiger partial charge on any atom is -0.361 e. The van der Waals surface area contributed by atoms with Crippen molar-refractivity contribution >= 4 is 22.5 Å². The Hall–Kier alpha value is -1.87. The summed E-state index contributed by atoms with van der Waals surface area (Å²) in [5.41, 5.74) is 3.31. The summed E-state index contributed by atoms with van der Waals surface area (Å²) in [5.74, 6) is 0. The van der Waals surface area contributed by atoms with Crippen LogP contribution in [0.15, 0.2) is 42.7 Å². The molecule has 3 rings (SSSR count). The van der Waals surface area contributed by atoms with Crippen molar-refractivity contribution in [2.45, 2.75) is 6.42 Å². The van der Waals surface area contributed by atoms with Gasteiger partial charge in [-0.2, -0.15) is 0 Å². The van der Waals surface area contributed by atoms with E-state index in [1.807, 2.05) is 18.3 Å². The molecular weight excluding hydrogens is 234 g/mol. The maximum atomic E-state index is 5.78. The van der Waals surface area contributed by atoms with Crippen LogP contribution in [0.5, 0.6) is 0 Å². The number of fused-ring (bicyclic) bond motifs is 1. The van der Waals surface area contributed by atoms with Crippen molar-refractivity contribution in [3.8, 4) is 0 Å². The van der Waals surface area contributed by atoms with Crippen molar-refractivity contribution in [3.05, 3.63) is 59.3 Å². The lowest BCUT2D eigenvalue weighted by atomic mass is 10.1. The van der Waals surface area contributed by atoms with Gasteiger partial charge in [0.15, 0.2) is 0 Å². The summed E-state index contributed by atoms with van der Waals surface area (Å²) >= 11 is 5.78. The number of aromatic amines is 1. The molecule has 0 radical (unpaired) electrons. The fraction of sp³-hybridized carbons (Fsp3) is 0.0769. The zero-order valence-corrected chi connectivity index (χ0v) is 9.78. The van der Waals surface area contributed by atoms with Gasteiger partial charge in [0, 0.05) is 35.4 Å². The average molecular weight is 244 g/mol. The third kappa shape index (κ3) is 2.01. The molecule has 0 amide bonds. The zero-order valence-electron chi connectivity index (χ0n) is 9.02. The number of H-pyrrole nitrogens is 1. The molecule has 4 heteroatoms.